The summed E-state index contributed by atoms with van der Waals surface area (Å²) in [4.78, 5) is 0. The Morgan fingerprint density at radius 2 is 1.15 bits per heavy atom. The molecule has 0 spiro atoms. The number of hydrogen-bond acceptors (Lipinski definition) is 1. The highest BCUT2D eigenvalue weighted by Crippen LogP contribution is 2.60. The van der Waals surface area contributed by atoms with Crippen molar-refractivity contribution in [2.24, 2.45) is 0 Å². The lowest BCUT2D eigenvalue weighted by Gasteiger charge is -2.36. The quantitative estimate of drug-likeness (QED) is 0.323. The molecule has 0 unspecified atom stereocenters. The first-order valence-electron chi connectivity index (χ1n) is 11.6. The maximum absolute atomic E-state index is 10.6. The molecule has 1 nitrogen and oxygen atoms in total. The van der Waals surface area contributed by atoms with Crippen molar-refractivity contribution in [2.45, 2.75) is 12.3 Å². The molecule has 1 atom stereocenters. The van der Waals surface area contributed by atoms with Crippen molar-refractivity contribution < 1.29 is 0 Å². The van der Waals surface area contributed by atoms with Crippen molar-refractivity contribution in [3.63, 3.8) is 0 Å². The average molecular weight is 434 g/mol. The lowest BCUT2D eigenvalue weighted by Crippen LogP contribution is -2.29. The van der Waals surface area contributed by atoms with E-state index in [0.29, 0.717) is 0 Å². The topological polar surface area (TPSA) is 23.8 Å². The molecule has 0 N–H and O–H groups in total. The molecule has 0 radical (unpaired) electrons. The molecule has 0 bridgehead atoms. The molecule has 0 saturated carbocycles. The van der Waals surface area contributed by atoms with Crippen LogP contribution in [0.3, 0.4) is 0 Å². The Balaban J connectivity index is 1.78. The highest BCUT2D eigenvalue weighted by atomic mass is 14.5. The van der Waals surface area contributed by atoms with Crippen molar-refractivity contribution in [3.05, 3.63) is 160 Å². The molecule has 1 heteroatoms. The van der Waals surface area contributed by atoms with Crippen LogP contribution in [-0.2, 0) is 5.41 Å². The molecule has 0 amide bonds. The van der Waals surface area contributed by atoms with E-state index in [1.807, 2.05) is 18.2 Å². The van der Waals surface area contributed by atoms with Gasteiger partial charge in [-0.15, -0.1) is 0 Å². The van der Waals surface area contributed by atoms with E-state index in [0.717, 1.165) is 22.3 Å². The van der Waals surface area contributed by atoms with Crippen LogP contribution in [0.1, 0.15) is 34.7 Å². The van der Waals surface area contributed by atoms with Gasteiger partial charge in [0.05, 0.1) is 17.1 Å². The van der Waals surface area contributed by atoms with Gasteiger partial charge in [-0.1, -0.05) is 115 Å². The zero-order valence-electron chi connectivity index (χ0n) is 19.0. The molecule has 2 aliphatic rings. The van der Waals surface area contributed by atoms with Crippen LogP contribution in [0.2, 0.25) is 0 Å². The molecule has 0 heterocycles. The van der Waals surface area contributed by atoms with E-state index in [9.17, 15) is 5.26 Å². The number of allylic oxidation sites excluding steroid dienone is 5. The third kappa shape index (κ3) is 2.86. The lowest BCUT2D eigenvalue weighted by molar-refractivity contribution is 0.712. The van der Waals surface area contributed by atoms with Gasteiger partial charge in [0.15, 0.2) is 0 Å². The second-order valence-electron chi connectivity index (χ2n) is 8.98. The van der Waals surface area contributed by atoms with Crippen molar-refractivity contribution in [2.75, 3.05) is 0 Å². The van der Waals surface area contributed by atoms with E-state index >= 15 is 0 Å². The summed E-state index contributed by atoms with van der Waals surface area (Å²) in [6, 6.07) is 42.7. The SMILES string of the molecule is C[C@@]12C(C#N)=C(c3ccccc3)C=C(c3ccccc3)C1=C(c1ccccc1)c1ccccc12. The highest BCUT2D eigenvalue weighted by molar-refractivity contribution is 6.09. The van der Waals surface area contributed by atoms with Crippen molar-refractivity contribution in [3.8, 4) is 6.07 Å². The minimum Gasteiger partial charge on any atom is -0.193 e. The Labute approximate surface area is 200 Å². The van der Waals surface area contributed by atoms with Crippen LogP contribution in [0.15, 0.2) is 132 Å². The predicted octanol–water partition coefficient (Wildman–Crippen LogP) is 7.83. The van der Waals surface area contributed by atoms with Gasteiger partial charge in [0.25, 0.3) is 0 Å². The van der Waals surface area contributed by atoms with Crippen LogP contribution in [-0.4, -0.2) is 0 Å². The third-order valence-electron chi connectivity index (χ3n) is 7.16. The predicted molar refractivity (Wildman–Crippen MR) is 140 cm³/mol. The van der Waals surface area contributed by atoms with Crippen LogP contribution >= 0.6 is 0 Å². The van der Waals surface area contributed by atoms with Gasteiger partial charge >= 0.3 is 0 Å². The summed E-state index contributed by atoms with van der Waals surface area (Å²) < 4.78 is 0. The normalized spacial score (nSPS) is 18.8. The fraction of sp³-hybridized carbons (Fsp3) is 0.0606. The molecule has 34 heavy (non-hydrogen) atoms. The number of benzene rings is 4. The molecular weight excluding hydrogens is 410 g/mol. The Morgan fingerprint density at radius 1 is 0.618 bits per heavy atom. The summed E-state index contributed by atoms with van der Waals surface area (Å²) >= 11 is 0. The van der Waals surface area contributed by atoms with Crippen LogP contribution < -0.4 is 0 Å². The third-order valence-corrected chi connectivity index (χ3v) is 7.16. The first-order valence-corrected chi connectivity index (χ1v) is 11.6. The fourth-order valence-electron chi connectivity index (χ4n) is 5.65. The fourth-order valence-corrected chi connectivity index (χ4v) is 5.65. The van der Waals surface area contributed by atoms with Crippen LogP contribution in [0.5, 0.6) is 0 Å². The molecule has 2 aliphatic carbocycles. The van der Waals surface area contributed by atoms with Gasteiger partial charge in [0, 0.05) is 0 Å². The Morgan fingerprint density at radius 3 is 1.76 bits per heavy atom. The summed E-state index contributed by atoms with van der Waals surface area (Å²) in [6.45, 7) is 2.23. The van der Waals surface area contributed by atoms with Gasteiger partial charge in [-0.2, -0.15) is 5.26 Å². The van der Waals surface area contributed by atoms with E-state index in [1.165, 1.54) is 33.4 Å². The molecule has 4 aromatic carbocycles. The van der Waals surface area contributed by atoms with E-state index < -0.39 is 5.41 Å². The second kappa shape index (κ2) is 7.87. The summed E-state index contributed by atoms with van der Waals surface area (Å²) in [5, 5.41) is 10.6. The molecular formula is C33H23N. The molecule has 6 rings (SSSR count). The number of hydrogen-bond donors (Lipinski definition) is 0. The summed E-state index contributed by atoms with van der Waals surface area (Å²) in [5.74, 6) is 0. The minimum absolute atomic E-state index is 0.554. The van der Waals surface area contributed by atoms with Crippen LogP contribution in [0.4, 0.5) is 0 Å². The summed E-state index contributed by atoms with van der Waals surface area (Å²) in [7, 11) is 0. The highest BCUT2D eigenvalue weighted by Gasteiger charge is 2.49. The number of rotatable bonds is 3. The van der Waals surface area contributed by atoms with Crippen LogP contribution in [0, 0.1) is 11.3 Å². The Kier molecular flexibility index (Phi) is 4.68. The average Bonchev–Trinajstić information content (AvgIpc) is 3.18. The van der Waals surface area contributed by atoms with Crippen molar-refractivity contribution in [1.82, 2.24) is 0 Å². The maximum atomic E-state index is 10.6. The van der Waals surface area contributed by atoms with Gasteiger partial charge in [-0.25, -0.2) is 0 Å². The molecule has 4 aromatic rings. The first kappa shape index (κ1) is 20.2. The van der Waals surface area contributed by atoms with Gasteiger partial charge in [-0.05, 0) is 63.1 Å². The molecule has 0 aliphatic heterocycles. The van der Waals surface area contributed by atoms with E-state index in [4.69, 9.17) is 0 Å². The summed E-state index contributed by atoms with van der Waals surface area (Å²) in [6.07, 6.45) is 2.23. The van der Waals surface area contributed by atoms with Crippen molar-refractivity contribution >= 4 is 16.7 Å². The van der Waals surface area contributed by atoms with Crippen LogP contribution in [0.25, 0.3) is 16.7 Å². The van der Waals surface area contributed by atoms with Crippen molar-refractivity contribution in [1.29, 1.82) is 5.26 Å². The minimum atomic E-state index is -0.554. The largest absolute Gasteiger partial charge is 0.193 e. The molecule has 0 fully saturated rings. The monoisotopic (exact) mass is 433 g/mol. The lowest BCUT2D eigenvalue weighted by atomic mass is 9.64. The number of nitrogens with zero attached hydrogens (tertiary/aromatic N) is 1. The zero-order valence-corrected chi connectivity index (χ0v) is 19.0. The molecule has 0 aromatic heterocycles. The second-order valence-corrected chi connectivity index (χ2v) is 8.98. The maximum Gasteiger partial charge on any atom is 0.0966 e. The summed E-state index contributed by atoms with van der Waals surface area (Å²) in [5.41, 5.74) is 10.6. The van der Waals surface area contributed by atoms with E-state index in [1.54, 1.807) is 0 Å². The van der Waals surface area contributed by atoms with Gasteiger partial charge < -0.3 is 0 Å². The van der Waals surface area contributed by atoms with Gasteiger partial charge in [0.2, 0.25) is 0 Å². The smallest absolute Gasteiger partial charge is 0.0966 e. The Hall–Kier alpha value is -4.41. The van der Waals surface area contributed by atoms with Gasteiger partial charge in [0.1, 0.15) is 0 Å². The zero-order chi connectivity index (χ0) is 23.1. The number of fused-ring (bicyclic) bond motifs is 3. The van der Waals surface area contributed by atoms with E-state index in [2.05, 4.69) is 116 Å². The standard InChI is InChI=1S/C33H23N/c1-33-29-20-12-11-19-26(29)31(25-17-9-4-10-18-25)32(33)28(24-15-7-3-8-16-24)21-27(30(33)22-34)23-13-5-2-6-14-23/h2-21H,1H3/t33-/m1/s1. The first-order chi connectivity index (χ1) is 16.7. The van der Waals surface area contributed by atoms with Gasteiger partial charge in [-0.3, -0.25) is 0 Å². The Bertz CT molecular complexity index is 1530. The molecule has 0 saturated heterocycles. The number of nitriles is 1. The van der Waals surface area contributed by atoms with E-state index in [-0.39, 0.29) is 0 Å². The molecule has 160 valence electrons.